The Morgan fingerprint density at radius 3 is 2.89 bits per heavy atom. The zero-order valence-electron chi connectivity index (χ0n) is 10.3. The number of nitro groups is 1. The number of hydrogen-bond donors (Lipinski definition) is 1. The van der Waals surface area contributed by atoms with Gasteiger partial charge in [0.1, 0.15) is 0 Å². The maximum absolute atomic E-state index is 10.9. The van der Waals surface area contributed by atoms with Gasteiger partial charge in [0.25, 0.3) is 5.69 Å². The van der Waals surface area contributed by atoms with Crippen LogP contribution in [-0.2, 0) is 6.54 Å². The first-order valence-electron chi connectivity index (χ1n) is 5.77. The summed E-state index contributed by atoms with van der Waals surface area (Å²) in [7, 11) is 0. The number of rotatable bonds is 8. The molecule has 0 fully saturated rings. The Bertz CT molecular complexity index is 402. The molecule has 1 rings (SSSR count). The fourth-order valence-electron chi connectivity index (χ4n) is 1.58. The number of halogens is 1. The average Bonchev–Trinajstić information content (AvgIpc) is 2.35. The molecule has 18 heavy (non-hydrogen) atoms. The van der Waals surface area contributed by atoms with Gasteiger partial charge in [-0.15, -0.1) is 0 Å². The van der Waals surface area contributed by atoms with Crippen LogP contribution >= 0.6 is 23.4 Å². The van der Waals surface area contributed by atoms with Gasteiger partial charge in [0.05, 0.1) is 4.92 Å². The summed E-state index contributed by atoms with van der Waals surface area (Å²) in [6, 6.07) is 4.78. The number of thioether (sulfide) groups is 1. The minimum absolute atomic E-state index is 0.0825. The predicted molar refractivity (Wildman–Crippen MR) is 77.4 cm³/mol. The van der Waals surface area contributed by atoms with E-state index in [0.717, 1.165) is 25.1 Å². The monoisotopic (exact) mass is 288 g/mol. The molecular weight excluding hydrogens is 272 g/mol. The first kappa shape index (κ1) is 15.3. The summed E-state index contributed by atoms with van der Waals surface area (Å²) < 4.78 is 0. The van der Waals surface area contributed by atoms with Crippen LogP contribution in [0.25, 0.3) is 0 Å². The number of nitrogens with one attached hydrogen (secondary N) is 1. The summed E-state index contributed by atoms with van der Waals surface area (Å²) >= 11 is 7.58. The van der Waals surface area contributed by atoms with Gasteiger partial charge in [-0.1, -0.05) is 11.6 Å². The first-order chi connectivity index (χ1) is 8.65. The molecule has 0 saturated heterocycles. The maximum Gasteiger partial charge on any atom is 0.275 e. The van der Waals surface area contributed by atoms with Gasteiger partial charge in [0.2, 0.25) is 0 Å². The summed E-state index contributed by atoms with van der Waals surface area (Å²) in [5, 5.41) is 14.5. The van der Waals surface area contributed by atoms with Crippen LogP contribution in [0.4, 0.5) is 5.69 Å². The van der Waals surface area contributed by atoms with Crippen molar-refractivity contribution < 1.29 is 4.92 Å². The van der Waals surface area contributed by atoms with Gasteiger partial charge in [-0.25, -0.2) is 0 Å². The predicted octanol–water partition coefficient (Wildman–Crippen LogP) is 3.48. The molecule has 0 bridgehead atoms. The molecule has 0 aliphatic carbocycles. The average molecular weight is 289 g/mol. The van der Waals surface area contributed by atoms with E-state index in [1.165, 1.54) is 6.07 Å². The highest BCUT2D eigenvalue weighted by molar-refractivity contribution is 7.98. The number of benzene rings is 1. The fourth-order valence-corrected chi connectivity index (χ4v) is 2.24. The van der Waals surface area contributed by atoms with E-state index in [4.69, 9.17) is 11.6 Å². The van der Waals surface area contributed by atoms with Gasteiger partial charge in [0, 0.05) is 23.2 Å². The summed E-state index contributed by atoms with van der Waals surface area (Å²) in [6.07, 6.45) is 4.34. The summed E-state index contributed by atoms with van der Waals surface area (Å²) in [5.41, 5.74) is 0.758. The largest absolute Gasteiger partial charge is 0.312 e. The van der Waals surface area contributed by atoms with Crippen molar-refractivity contribution in [2.45, 2.75) is 19.4 Å². The van der Waals surface area contributed by atoms with Crippen molar-refractivity contribution in [2.75, 3.05) is 18.6 Å². The molecule has 0 spiro atoms. The molecule has 1 aromatic carbocycles. The van der Waals surface area contributed by atoms with E-state index in [1.54, 1.807) is 12.1 Å². The third kappa shape index (κ3) is 5.25. The molecule has 0 radical (unpaired) electrons. The van der Waals surface area contributed by atoms with E-state index in [9.17, 15) is 10.1 Å². The van der Waals surface area contributed by atoms with Crippen LogP contribution in [0, 0.1) is 10.1 Å². The molecule has 0 unspecified atom stereocenters. The second-order valence-corrected chi connectivity index (χ2v) is 5.33. The quantitative estimate of drug-likeness (QED) is 0.452. The lowest BCUT2D eigenvalue weighted by atomic mass is 10.2. The zero-order valence-corrected chi connectivity index (χ0v) is 11.9. The molecular formula is C12H17ClN2O2S. The number of nitro benzene ring substituents is 1. The van der Waals surface area contributed by atoms with Crippen molar-refractivity contribution in [3.05, 3.63) is 38.9 Å². The third-order valence-electron chi connectivity index (χ3n) is 2.51. The lowest BCUT2D eigenvalue weighted by Crippen LogP contribution is -2.15. The van der Waals surface area contributed by atoms with Crippen LogP contribution in [0.1, 0.15) is 18.4 Å². The number of nitrogens with zero attached hydrogens (tertiary/aromatic N) is 1. The molecule has 0 atom stereocenters. The van der Waals surface area contributed by atoms with E-state index in [-0.39, 0.29) is 5.69 Å². The molecule has 1 aromatic rings. The Morgan fingerprint density at radius 1 is 1.44 bits per heavy atom. The second-order valence-electron chi connectivity index (χ2n) is 3.91. The minimum Gasteiger partial charge on any atom is -0.312 e. The maximum atomic E-state index is 10.9. The lowest BCUT2D eigenvalue weighted by Gasteiger charge is -2.05. The van der Waals surface area contributed by atoms with Crippen molar-refractivity contribution in [1.82, 2.24) is 5.32 Å². The lowest BCUT2D eigenvalue weighted by molar-refractivity contribution is -0.385. The van der Waals surface area contributed by atoms with Crippen LogP contribution < -0.4 is 5.32 Å². The van der Waals surface area contributed by atoms with E-state index in [1.807, 2.05) is 11.8 Å². The SMILES string of the molecule is CSCCCCNCc1ccc(Cl)cc1[N+](=O)[O-]. The van der Waals surface area contributed by atoms with Crippen LogP contribution in [0.2, 0.25) is 5.02 Å². The first-order valence-corrected chi connectivity index (χ1v) is 7.55. The second kappa shape index (κ2) is 8.34. The molecule has 0 aliphatic rings. The summed E-state index contributed by atoms with van der Waals surface area (Å²) in [5.74, 6) is 1.16. The van der Waals surface area contributed by atoms with E-state index < -0.39 is 4.92 Å². The van der Waals surface area contributed by atoms with Crippen molar-refractivity contribution in [1.29, 1.82) is 0 Å². The van der Waals surface area contributed by atoms with E-state index >= 15 is 0 Å². The normalized spacial score (nSPS) is 10.6. The van der Waals surface area contributed by atoms with Crippen LogP contribution in [-0.4, -0.2) is 23.5 Å². The highest BCUT2D eigenvalue weighted by Crippen LogP contribution is 2.22. The van der Waals surface area contributed by atoms with Gasteiger partial charge >= 0.3 is 0 Å². The van der Waals surface area contributed by atoms with Gasteiger partial charge in [-0.2, -0.15) is 11.8 Å². The van der Waals surface area contributed by atoms with Crippen LogP contribution in [0.5, 0.6) is 0 Å². The number of unbranched alkanes of at least 4 members (excludes halogenated alkanes) is 1. The van der Waals surface area contributed by atoms with Gasteiger partial charge in [0.15, 0.2) is 0 Å². The van der Waals surface area contributed by atoms with Crippen LogP contribution in [0.3, 0.4) is 0 Å². The molecule has 6 heteroatoms. The Hall–Kier alpha value is -0.780. The Morgan fingerprint density at radius 2 is 2.22 bits per heavy atom. The minimum atomic E-state index is -0.392. The molecule has 0 saturated carbocycles. The smallest absolute Gasteiger partial charge is 0.275 e. The van der Waals surface area contributed by atoms with Crippen molar-refractivity contribution in [2.24, 2.45) is 0 Å². The Balaban J connectivity index is 2.44. The molecule has 0 aliphatic heterocycles. The van der Waals surface area contributed by atoms with Crippen molar-refractivity contribution in [3.8, 4) is 0 Å². The fraction of sp³-hybridized carbons (Fsp3) is 0.500. The zero-order chi connectivity index (χ0) is 13.4. The van der Waals surface area contributed by atoms with Crippen molar-refractivity contribution >= 4 is 29.1 Å². The Kier molecular flexibility index (Phi) is 7.08. The van der Waals surface area contributed by atoms with E-state index in [0.29, 0.717) is 17.1 Å². The van der Waals surface area contributed by atoms with Crippen molar-refractivity contribution in [3.63, 3.8) is 0 Å². The summed E-state index contributed by atoms with van der Waals surface area (Å²) in [6.45, 7) is 1.38. The third-order valence-corrected chi connectivity index (χ3v) is 3.44. The molecule has 0 aromatic heterocycles. The van der Waals surface area contributed by atoms with Crippen LogP contribution in [0.15, 0.2) is 18.2 Å². The molecule has 0 heterocycles. The summed E-state index contributed by atoms with van der Waals surface area (Å²) in [4.78, 5) is 10.5. The highest BCUT2D eigenvalue weighted by Gasteiger charge is 2.13. The topological polar surface area (TPSA) is 55.2 Å². The standard InChI is InChI=1S/C12H17ClN2O2S/c1-18-7-3-2-6-14-9-10-4-5-11(13)8-12(10)15(16)17/h4-5,8,14H,2-3,6-7,9H2,1H3. The highest BCUT2D eigenvalue weighted by atomic mass is 35.5. The van der Waals surface area contributed by atoms with E-state index in [2.05, 4.69) is 11.6 Å². The molecule has 100 valence electrons. The Labute approximate surface area is 116 Å². The molecule has 4 nitrogen and oxygen atoms in total. The van der Waals surface area contributed by atoms with Gasteiger partial charge < -0.3 is 5.32 Å². The van der Waals surface area contributed by atoms with Gasteiger partial charge in [-0.05, 0) is 43.5 Å². The molecule has 0 amide bonds. The molecule has 1 N–H and O–H groups in total. The van der Waals surface area contributed by atoms with Gasteiger partial charge in [-0.3, -0.25) is 10.1 Å². The number of hydrogen-bond acceptors (Lipinski definition) is 4.